The van der Waals surface area contributed by atoms with E-state index in [4.69, 9.17) is 11.6 Å². The first kappa shape index (κ1) is 11.4. The fourth-order valence-electron chi connectivity index (χ4n) is 1.81. The van der Waals surface area contributed by atoms with Gasteiger partial charge in [0.05, 0.1) is 18.7 Å². The van der Waals surface area contributed by atoms with Crippen LogP contribution < -0.4 is 0 Å². The van der Waals surface area contributed by atoms with E-state index in [2.05, 4.69) is 0 Å². The Balaban J connectivity index is 2.03. The molecule has 0 spiro atoms. The normalized spacial score (nSPS) is 18.1. The fourth-order valence-corrected chi connectivity index (χ4v) is 1.93. The van der Waals surface area contributed by atoms with Gasteiger partial charge in [-0.15, -0.1) is 0 Å². The predicted octanol–water partition coefficient (Wildman–Crippen LogP) is 1.94. The molecular weight excluding hydrogens is 226 g/mol. The molecule has 2 rings (SSSR count). The molecule has 0 bridgehead atoms. The van der Waals surface area contributed by atoms with E-state index < -0.39 is 5.60 Å². The lowest BCUT2D eigenvalue weighted by Crippen LogP contribution is -2.63. The first-order valence-corrected chi connectivity index (χ1v) is 5.69. The van der Waals surface area contributed by atoms with Gasteiger partial charge in [-0.3, -0.25) is 4.79 Å². The Labute approximate surface area is 99.6 Å². The van der Waals surface area contributed by atoms with Crippen molar-refractivity contribution in [2.45, 2.75) is 18.9 Å². The van der Waals surface area contributed by atoms with Crippen molar-refractivity contribution < 1.29 is 9.90 Å². The Morgan fingerprint density at radius 2 is 2.00 bits per heavy atom. The van der Waals surface area contributed by atoms with Gasteiger partial charge < -0.3 is 10.0 Å². The summed E-state index contributed by atoms with van der Waals surface area (Å²) in [7, 11) is 0. The Morgan fingerprint density at radius 3 is 2.50 bits per heavy atom. The molecule has 16 heavy (non-hydrogen) atoms. The molecule has 1 aliphatic rings. The highest BCUT2D eigenvalue weighted by Crippen LogP contribution is 2.25. The van der Waals surface area contributed by atoms with E-state index in [-0.39, 0.29) is 5.91 Å². The van der Waals surface area contributed by atoms with Crippen LogP contribution in [0.4, 0.5) is 0 Å². The topological polar surface area (TPSA) is 40.5 Å². The minimum atomic E-state index is -0.678. The lowest BCUT2D eigenvalue weighted by molar-refractivity contribution is -0.0826. The molecule has 4 heteroatoms. The summed E-state index contributed by atoms with van der Waals surface area (Å²) in [5.74, 6) is -0.0465. The Morgan fingerprint density at radius 1 is 1.44 bits per heavy atom. The van der Waals surface area contributed by atoms with E-state index in [1.54, 1.807) is 29.2 Å². The predicted molar refractivity (Wildman–Crippen MR) is 62.6 cm³/mol. The minimum Gasteiger partial charge on any atom is -0.386 e. The van der Waals surface area contributed by atoms with Gasteiger partial charge in [-0.2, -0.15) is 0 Å². The summed E-state index contributed by atoms with van der Waals surface area (Å²) in [6, 6.07) is 6.79. The molecule has 1 heterocycles. The van der Waals surface area contributed by atoms with Gasteiger partial charge in [0.1, 0.15) is 0 Å². The first-order chi connectivity index (χ1) is 7.54. The molecule has 1 saturated heterocycles. The number of hydrogen-bond acceptors (Lipinski definition) is 2. The zero-order chi connectivity index (χ0) is 11.8. The highest BCUT2D eigenvalue weighted by molar-refractivity contribution is 6.30. The Bertz CT molecular complexity index is 396. The minimum absolute atomic E-state index is 0.0465. The number of benzene rings is 1. The van der Waals surface area contributed by atoms with Gasteiger partial charge in [0, 0.05) is 10.6 Å². The highest BCUT2D eigenvalue weighted by atomic mass is 35.5. The monoisotopic (exact) mass is 239 g/mol. The zero-order valence-electron chi connectivity index (χ0n) is 9.11. The van der Waals surface area contributed by atoms with E-state index in [9.17, 15) is 9.90 Å². The first-order valence-electron chi connectivity index (χ1n) is 5.31. The lowest BCUT2D eigenvalue weighted by atomic mass is 9.91. The smallest absolute Gasteiger partial charge is 0.254 e. The van der Waals surface area contributed by atoms with E-state index in [1.165, 1.54) is 0 Å². The van der Waals surface area contributed by atoms with E-state index in [0.717, 1.165) is 0 Å². The number of carbonyl (C=O) groups excluding carboxylic acids is 1. The van der Waals surface area contributed by atoms with Gasteiger partial charge in [-0.25, -0.2) is 0 Å². The second-order valence-corrected chi connectivity index (χ2v) is 4.68. The van der Waals surface area contributed by atoms with Crippen LogP contribution in [0.15, 0.2) is 24.3 Å². The maximum Gasteiger partial charge on any atom is 0.254 e. The third-order valence-corrected chi connectivity index (χ3v) is 3.26. The number of amides is 1. The Hall–Kier alpha value is -1.06. The molecule has 0 atom stereocenters. The molecule has 1 aromatic carbocycles. The molecule has 3 nitrogen and oxygen atoms in total. The van der Waals surface area contributed by atoms with Gasteiger partial charge in [-0.1, -0.05) is 18.5 Å². The molecular formula is C12H14ClNO2. The molecule has 0 aliphatic carbocycles. The van der Waals surface area contributed by atoms with Crippen LogP contribution in [-0.2, 0) is 0 Å². The molecule has 0 aromatic heterocycles. The standard InChI is InChI=1S/C12H14ClNO2/c1-2-12(16)7-14(8-12)11(15)9-3-5-10(13)6-4-9/h3-6,16H,2,7-8H2,1H3. The molecule has 1 aliphatic heterocycles. The summed E-state index contributed by atoms with van der Waals surface area (Å²) in [4.78, 5) is 13.6. The maximum absolute atomic E-state index is 11.9. The van der Waals surface area contributed by atoms with Crippen LogP contribution in [0.25, 0.3) is 0 Å². The second-order valence-electron chi connectivity index (χ2n) is 4.25. The molecule has 1 N–H and O–H groups in total. The van der Waals surface area contributed by atoms with Crippen molar-refractivity contribution in [1.82, 2.24) is 4.90 Å². The van der Waals surface area contributed by atoms with E-state index in [0.29, 0.717) is 30.1 Å². The SMILES string of the molecule is CCC1(O)CN(C(=O)c2ccc(Cl)cc2)C1. The van der Waals surface area contributed by atoms with Gasteiger partial charge in [0.25, 0.3) is 5.91 Å². The van der Waals surface area contributed by atoms with Crippen LogP contribution in [0.1, 0.15) is 23.7 Å². The number of aliphatic hydroxyl groups is 1. The quantitative estimate of drug-likeness (QED) is 0.857. The van der Waals surface area contributed by atoms with Crippen LogP contribution in [0.2, 0.25) is 5.02 Å². The summed E-state index contributed by atoms with van der Waals surface area (Å²) in [6.45, 7) is 2.76. The summed E-state index contributed by atoms with van der Waals surface area (Å²) in [5, 5.41) is 10.4. The molecule has 1 fully saturated rings. The van der Waals surface area contributed by atoms with Crippen molar-refractivity contribution >= 4 is 17.5 Å². The number of likely N-dealkylation sites (tertiary alicyclic amines) is 1. The van der Waals surface area contributed by atoms with E-state index in [1.807, 2.05) is 6.92 Å². The van der Waals surface area contributed by atoms with Crippen molar-refractivity contribution in [2.24, 2.45) is 0 Å². The fraction of sp³-hybridized carbons (Fsp3) is 0.417. The maximum atomic E-state index is 11.9. The second kappa shape index (κ2) is 4.07. The lowest BCUT2D eigenvalue weighted by Gasteiger charge is -2.46. The highest BCUT2D eigenvalue weighted by Gasteiger charge is 2.42. The van der Waals surface area contributed by atoms with Crippen LogP contribution in [-0.4, -0.2) is 34.6 Å². The number of halogens is 1. The summed E-state index contributed by atoms with van der Waals surface area (Å²) < 4.78 is 0. The van der Waals surface area contributed by atoms with E-state index >= 15 is 0 Å². The molecule has 0 radical (unpaired) electrons. The molecule has 0 unspecified atom stereocenters. The summed E-state index contributed by atoms with van der Waals surface area (Å²) >= 11 is 5.75. The van der Waals surface area contributed by atoms with Gasteiger partial charge in [0.15, 0.2) is 0 Å². The van der Waals surface area contributed by atoms with Gasteiger partial charge >= 0.3 is 0 Å². The van der Waals surface area contributed by atoms with Crippen LogP contribution >= 0.6 is 11.6 Å². The van der Waals surface area contributed by atoms with Crippen molar-refractivity contribution in [2.75, 3.05) is 13.1 Å². The largest absolute Gasteiger partial charge is 0.386 e. The third kappa shape index (κ3) is 2.06. The molecule has 86 valence electrons. The van der Waals surface area contributed by atoms with Crippen molar-refractivity contribution in [3.8, 4) is 0 Å². The average molecular weight is 240 g/mol. The van der Waals surface area contributed by atoms with Gasteiger partial charge in [-0.05, 0) is 30.7 Å². The van der Waals surface area contributed by atoms with Crippen molar-refractivity contribution in [1.29, 1.82) is 0 Å². The third-order valence-electron chi connectivity index (χ3n) is 3.01. The van der Waals surface area contributed by atoms with Gasteiger partial charge in [0.2, 0.25) is 0 Å². The van der Waals surface area contributed by atoms with Crippen LogP contribution in [0.3, 0.4) is 0 Å². The van der Waals surface area contributed by atoms with Crippen molar-refractivity contribution in [3.63, 3.8) is 0 Å². The summed E-state index contributed by atoms with van der Waals surface area (Å²) in [5.41, 5.74) is -0.0650. The van der Waals surface area contributed by atoms with Crippen LogP contribution in [0, 0.1) is 0 Å². The number of carbonyl (C=O) groups is 1. The zero-order valence-corrected chi connectivity index (χ0v) is 9.87. The molecule has 1 amide bonds. The van der Waals surface area contributed by atoms with Crippen molar-refractivity contribution in [3.05, 3.63) is 34.9 Å². The average Bonchev–Trinajstić information content (AvgIpc) is 2.25. The Kier molecular flexibility index (Phi) is 2.91. The number of nitrogens with zero attached hydrogens (tertiary/aromatic N) is 1. The molecule has 0 saturated carbocycles. The summed E-state index contributed by atoms with van der Waals surface area (Å²) in [6.07, 6.45) is 0.678. The number of rotatable bonds is 2. The van der Waals surface area contributed by atoms with Crippen LogP contribution in [0.5, 0.6) is 0 Å². The number of hydrogen-bond donors (Lipinski definition) is 1. The number of β-amino-alcohol motifs (C(OH)–C–C–N with tert-alkyl or cyclic N) is 1. The molecule has 1 aromatic rings.